The second-order valence-corrected chi connectivity index (χ2v) is 16.6. The fourth-order valence-electron chi connectivity index (χ4n) is 6.36. The van der Waals surface area contributed by atoms with Crippen LogP contribution in [0.3, 0.4) is 0 Å². The van der Waals surface area contributed by atoms with E-state index in [0.717, 1.165) is 96.3 Å². The van der Waals surface area contributed by atoms with Crippen LogP contribution in [0.15, 0.2) is 36.5 Å². The lowest BCUT2D eigenvalue weighted by Crippen LogP contribution is -2.64. The van der Waals surface area contributed by atoms with Crippen molar-refractivity contribution in [3.05, 3.63) is 36.5 Å². The summed E-state index contributed by atoms with van der Waals surface area (Å²) >= 11 is 0. The van der Waals surface area contributed by atoms with E-state index in [0.29, 0.717) is 12.8 Å². The molecule has 1 aliphatic carbocycles. The van der Waals surface area contributed by atoms with Gasteiger partial charge in [0.15, 0.2) is 6.10 Å². The Bertz CT molecular complexity index is 1150. The summed E-state index contributed by atoms with van der Waals surface area (Å²) in [7, 11) is -5.12. The standard InChI is InChI=1S/C43H77O13P/c1-3-5-7-9-11-13-15-16-17-18-19-20-22-24-26-28-30-32-37(45)55-35(33-53-36(44)31-29-27-25-23-21-14-12-10-8-6-4-2)34-54-57(51,52)56-43-41(49)39(47)38(46)40(48)42(43)50/h10-13,16-17,35,38-43,46-50H,3-9,14-15,18-34H2,1-2H3,(H,51,52)/b12-10-,13-11-,17-16-/t35-,38?,39-,40?,41?,42?,43?/m1/s1. The second kappa shape index (κ2) is 33.9. The summed E-state index contributed by atoms with van der Waals surface area (Å²) in [6.45, 7) is 3.20. The summed E-state index contributed by atoms with van der Waals surface area (Å²) < 4.78 is 33.4. The molecular formula is C43H77O13P. The van der Waals surface area contributed by atoms with Crippen molar-refractivity contribution in [1.29, 1.82) is 0 Å². The number of carbonyl (C=O) groups excluding carboxylic acids is 2. The van der Waals surface area contributed by atoms with Gasteiger partial charge in [0.25, 0.3) is 0 Å². The number of aliphatic hydroxyl groups excluding tert-OH is 5. The highest BCUT2D eigenvalue weighted by atomic mass is 31.2. The number of unbranched alkanes of at least 4 members (excludes halogenated alkanes) is 17. The Hall–Kier alpha value is -1.93. The van der Waals surface area contributed by atoms with E-state index < -0.39 is 75.7 Å². The Kier molecular flexibility index (Phi) is 31.5. The molecule has 0 heterocycles. The zero-order valence-electron chi connectivity index (χ0n) is 34.9. The molecule has 0 aliphatic heterocycles. The van der Waals surface area contributed by atoms with E-state index in [1.54, 1.807) is 0 Å². The number of aliphatic hydroxyl groups is 5. The third-order valence-corrected chi connectivity index (χ3v) is 10.9. The van der Waals surface area contributed by atoms with Gasteiger partial charge in [-0.15, -0.1) is 0 Å². The SMILES string of the molecule is CCCC/C=C\CCCCCCCC(=O)OC[C@H](COP(=O)(O)OC1C(O)C(O)C(O)[C@@H](O)C1O)OC(=O)CCCCCCCCC/C=C\C/C=C\CCCCC. The van der Waals surface area contributed by atoms with Crippen molar-refractivity contribution in [2.45, 2.75) is 211 Å². The lowest BCUT2D eigenvalue weighted by Gasteiger charge is -2.41. The van der Waals surface area contributed by atoms with Gasteiger partial charge in [0.1, 0.15) is 43.2 Å². The van der Waals surface area contributed by atoms with Crippen LogP contribution in [-0.2, 0) is 32.7 Å². The average Bonchev–Trinajstić information content (AvgIpc) is 3.19. The summed E-state index contributed by atoms with van der Waals surface area (Å²) in [5.41, 5.74) is 0. The first-order chi connectivity index (χ1) is 27.4. The highest BCUT2D eigenvalue weighted by molar-refractivity contribution is 7.47. The van der Waals surface area contributed by atoms with Gasteiger partial charge in [-0.2, -0.15) is 0 Å². The molecule has 1 saturated carbocycles. The summed E-state index contributed by atoms with van der Waals surface area (Å²) in [5, 5.41) is 50.0. The minimum Gasteiger partial charge on any atom is -0.462 e. The molecule has 0 bridgehead atoms. The zero-order chi connectivity index (χ0) is 42.2. The van der Waals surface area contributed by atoms with E-state index in [9.17, 15) is 44.6 Å². The fourth-order valence-corrected chi connectivity index (χ4v) is 7.33. The first-order valence-electron chi connectivity index (χ1n) is 21.8. The number of hydrogen-bond donors (Lipinski definition) is 6. The summed E-state index contributed by atoms with van der Waals surface area (Å²) in [6.07, 6.45) is 23.5. The van der Waals surface area contributed by atoms with Gasteiger partial charge in [-0.25, -0.2) is 4.57 Å². The highest BCUT2D eigenvalue weighted by Gasteiger charge is 2.51. The number of esters is 2. The topological polar surface area (TPSA) is 210 Å². The van der Waals surface area contributed by atoms with Gasteiger partial charge in [-0.3, -0.25) is 18.6 Å². The van der Waals surface area contributed by atoms with Crippen LogP contribution >= 0.6 is 7.82 Å². The lowest BCUT2D eigenvalue weighted by molar-refractivity contribution is -0.220. The third-order valence-electron chi connectivity index (χ3n) is 9.95. The summed E-state index contributed by atoms with van der Waals surface area (Å²) in [6, 6.07) is 0. The molecule has 0 spiro atoms. The molecule has 13 nitrogen and oxygen atoms in total. The Morgan fingerprint density at radius 3 is 1.49 bits per heavy atom. The molecule has 8 atom stereocenters. The molecule has 6 unspecified atom stereocenters. The van der Waals surface area contributed by atoms with Gasteiger partial charge in [-0.05, 0) is 64.2 Å². The number of phosphoric ester groups is 1. The normalized spacial score (nSPS) is 23.0. The van der Waals surface area contributed by atoms with Crippen molar-refractivity contribution >= 4 is 19.8 Å². The smallest absolute Gasteiger partial charge is 0.462 e. The minimum absolute atomic E-state index is 0.0860. The van der Waals surface area contributed by atoms with Gasteiger partial charge in [0.05, 0.1) is 6.61 Å². The Labute approximate surface area is 342 Å². The number of ether oxygens (including phenoxy) is 2. The van der Waals surface area contributed by atoms with Gasteiger partial charge in [0, 0.05) is 12.8 Å². The molecule has 1 aliphatic rings. The number of rotatable bonds is 35. The van der Waals surface area contributed by atoms with Gasteiger partial charge in [-0.1, -0.05) is 127 Å². The Morgan fingerprint density at radius 2 is 0.965 bits per heavy atom. The van der Waals surface area contributed by atoms with Crippen molar-refractivity contribution in [3.63, 3.8) is 0 Å². The highest BCUT2D eigenvalue weighted by Crippen LogP contribution is 2.47. The number of carbonyl (C=O) groups is 2. The van der Waals surface area contributed by atoms with Crippen LogP contribution in [-0.4, -0.2) is 98.3 Å². The average molecular weight is 833 g/mol. The molecular weight excluding hydrogens is 755 g/mol. The molecule has 1 fully saturated rings. The predicted molar refractivity (Wildman–Crippen MR) is 221 cm³/mol. The van der Waals surface area contributed by atoms with Crippen molar-refractivity contribution in [3.8, 4) is 0 Å². The number of hydrogen-bond acceptors (Lipinski definition) is 12. The van der Waals surface area contributed by atoms with Crippen molar-refractivity contribution in [2.75, 3.05) is 13.2 Å². The molecule has 57 heavy (non-hydrogen) atoms. The minimum atomic E-state index is -5.12. The molecule has 6 N–H and O–H groups in total. The first-order valence-corrected chi connectivity index (χ1v) is 23.3. The van der Waals surface area contributed by atoms with Crippen LogP contribution < -0.4 is 0 Å². The Morgan fingerprint density at radius 1 is 0.544 bits per heavy atom. The third kappa shape index (κ3) is 26.7. The molecule has 332 valence electrons. The van der Waals surface area contributed by atoms with Crippen molar-refractivity contribution < 1.29 is 63.1 Å². The van der Waals surface area contributed by atoms with E-state index in [-0.39, 0.29) is 12.8 Å². The van der Waals surface area contributed by atoms with E-state index in [1.807, 2.05) is 0 Å². The van der Waals surface area contributed by atoms with Crippen LogP contribution in [0, 0.1) is 0 Å². The summed E-state index contributed by atoms with van der Waals surface area (Å²) in [5.74, 6) is -1.12. The molecule has 1 rings (SSSR count). The van der Waals surface area contributed by atoms with Crippen molar-refractivity contribution in [1.82, 2.24) is 0 Å². The van der Waals surface area contributed by atoms with Crippen LogP contribution in [0.4, 0.5) is 0 Å². The molecule has 0 aromatic carbocycles. The van der Waals surface area contributed by atoms with Gasteiger partial charge >= 0.3 is 19.8 Å². The number of phosphoric acid groups is 1. The van der Waals surface area contributed by atoms with Crippen LogP contribution in [0.5, 0.6) is 0 Å². The fraction of sp³-hybridized carbons (Fsp3) is 0.814. The Balaban J connectivity index is 2.49. The molecule has 0 amide bonds. The maximum Gasteiger partial charge on any atom is 0.472 e. The van der Waals surface area contributed by atoms with E-state index in [1.165, 1.54) is 32.1 Å². The zero-order valence-corrected chi connectivity index (χ0v) is 35.8. The van der Waals surface area contributed by atoms with Crippen LogP contribution in [0.1, 0.15) is 168 Å². The van der Waals surface area contributed by atoms with Crippen molar-refractivity contribution in [2.24, 2.45) is 0 Å². The lowest BCUT2D eigenvalue weighted by atomic mass is 9.85. The molecule has 0 aromatic rings. The molecule has 0 radical (unpaired) electrons. The van der Waals surface area contributed by atoms with Gasteiger partial charge < -0.3 is 39.9 Å². The van der Waals surface area contributed by atoms with Crippen LogP contribution in [0.2, 0.25) is 0 Å². The number of allylic oxidation sites excluding steroid dienone is 6. The molecule has 14 heteroatoms. The maximum absolute atomic E-state index is 12.8. The maximum atomic E-state index is 12.8. The van der Waals surface area contributed by atoms with E-state index in [2.05, 4.69) is 50.3 Å². The van der Waals surface area contributed by atoms with E-state index in [4.69, 9.17) is 18.5 Å². The quantitative estimate of drug-likeness (QED) is 0.0156. The largest absolute Gasteiger partial charge is 0.472 e. The monoisotopic (exact) mass is 833 g/mol. The predicted octanol–water partition coefficient (Wildman–Crippen LogP) is 7.83. The first kappa shape index (κ1) is 53.1. The van der Waals surface area contributed by atoms with Gasteiger partial charge in [0.2, 0.25) is 0 Å². The van der Waals surface area contributed by atoms with Crippen LogP contribution in [0.25, 0.3) is 0 Å². The summed E-state index contributed by atoms with van der Waals surface area (Å²) in [4.78, 5) is 35.6. The molecule has 0 aromatic heterocycles. The molecule has 0 saturated heterocycles. The second-order valence-electron chi connectivity index (χ2n) is 15.2. The van der Waals surface area contributed by atoms with E-state index >= 15 is 0 Å².